The van der Waals surface area contributed by atoms with Gasteiger partial charge in [-0.25, -0.2) is 0 Å². The predicted octanol–water partition coefficient (Wildman–Crippen LogP) is 2.86. The van der Waals surface area contributed by atoms with Gasteiger partial charge in [0.15, 0.2) is 0 Å². The van der Waals surface area contributed by atoms with E-state index in [-0.39, 0.29) is 5.91 Å². The zero-order chi connectivity index (χ0) is 14.5. The Morgan fingerprint density at radius 1 is 1.00 bits per heavy atom. The number of hydrogen-bond donors (Lipinski definition) is 0. The second kappa shape index (κ2) is 6.61. The van der Waals surface area contributed by atoms with Gasteiger partial charge in [0.2, 0.25) is 5.91 Å². The minimum absolute atomic E-state index is 0.281. The van der Waals surface area contributed by atoms with Crippen LogP contribution in [0.5, 0.6) is 0 Å². The molecule has 1 heterocycles. The molecular weight excluding hydrogens is 260 g/mol. The first-order valence-electron chi connectivity index (χ1n) is 7.74. The van der Waals surface area contributed by atoms with Crippen LogP contribution in [0.25, 0.3) is 0 Å². The number of rotatable bonds is 3. The summed E-state index contributed by atoms with van der Waals surface area (Å²) in [5.74, 6) is 0.572. The molecule has 1 amide bonds. The van der Waals surface area contributed by atoms with E-state index in [0.717, 1.165) is 32.6 Å². The molecule has 21 heavy (non-hydrogen) atoms. The number of amides is 1. The summed E-state index contributed by atoms with van der Waals surface area (Å²) >= 11 is 0. The van der Waals surface area contributed by atoms with Gasteiger partial charge < -0.3 is 9.80 Å². The normalized spacial score (nSPS) is 19.0. The van der Waals surface area contributed by atoms with E-state index in [1.807, 2.05) is 11.0 Å². The number of piperazine rings is 1. The number of anilines is 1. The summed E-state index contributed by atoms with van der Waals surface area (Å²) in [6.45, 7) is 3.50. The van der Waals surface area contributed by atoms with Gasteiger partial charge in [-0.05, 0) is 18.6 Å². The standard InChI is InChI=1S/C18H22N2O/c21-18(15-16-7-3-1-4-8-16)20-13-11-19(12-14-20)17-9-5-2-6-10-17/h2-10,16H,1,11-15H2. The van der Waals surface area contributed by atoms with Gasteiger partial charge in [-0.15, -0.1) is 0 Å². The molecule has 0 spiro atoms. The molecule has 1 aliphatic carbocycles. The lowest BCUT2D eigenvalue weighted by Gasteiger charge is -2.36. The first-order chi connectivity index (χ1) is 10.3. The Morgan fingerprint density at radius 2 is 1.67 bits per heavy atom. The van der Waals surface area contributed by atoms with Gasteiger partial charge in [0, 0.05) is 44.2 Å². The second-order valence-corrected chi connectivity index (χ2v) is 5.66. The van der Waals surface area contributed by atoms with Crippen molar-refractivity contribution in [2.75, 3.05) is 31.1 Å². The zero-order valence-electron chi connectivity index (χ0n) is 12.3. The van der Waals surface area contributed by atoms with Crippen molar-refractivity contribution in [3.63, 3.8) is 0 Å². The molecular formula is C18H22N2O. The molecule has 1 aliphatic heterocycles. The highest BCUT2D eigenvalue weighted by molar-refractivity contribution is 5.77. The monoisotopic (exact) mass is 282 g/mol. The van der Waals surface area contributed by atoms with Crippen LogP contribution in [-0.4, -0.2) is 37.0 Å². The number of carbonyl (C=O) groups is 1. The van der Waals surface area contributed by atoms with Crippen LogP contribution < -0.4 is 4.90 Å². The van der Waals surface area contributed by atoms with Crippen LogP contribution in [0.4, 0.5) is 5.69 Å². The van der Waals surface area contributed by atoms with E-state index in [9.17, 15) is 4.79 Å². The molecule has 0 atom stereocenters. The van der Waals surface area contributed by atoms with E-state index in [2.05, 4.69) is 53.5 Å². The van der Waals surface area contributed by atoms with Crippen LogP contribution in [0, 0.1) is 5.92 Å². The fourth-order valence-electron chi connectivity index (χ4n) is 2.97. The van der Waals surface area contributed by atoms with E-state index in [0.29, 0.717) is 12.3 Å². The lowest BCUT2D eigenvalue weighted by atomic mass is 9.99. The maximum absolute atomic E-state index is 12.3. The number of benzene rings is 1. The molecule has 0 saturated carbocycles. The van der Waals surface area contributed by atoms with E-state index in [1.165, 1.54) is 5.69 Å². The minimum atomic E-state index is 0.281. The highest BCUT2D eigenvalue weighted by Gasteiger charge is 2.22. The van der Waals surface area contributed by atoms with Crippen LogP contribution >= 0.6 is 0 Å². The molecule has 1 aromatic carbocycles. The number of nitrogens with zero attached hydrogens (tertiary/aromatic N) is 2. The predicted molar refractivity (Wildman–Crippen MR) is 86.2 cm³/mol. The van der Waals surface area contributed by atoms with Crippen LogP contribution in [0.3, 0.4) is 0 Å². The van der Waals surface area contributed by atoms with Crippen molar-refractivity contribution in [1.29, 1.82) is 0 Å². The molecule has 1 aromatic rings. The smallest absolute Gasteiger partial charge is 0.223 e. The quantitative estimate of drug-likeness (QED) is 0.796. The fraction of sp³-hybridized carbons (Fsp3) is 0.389. The Morgan fingerprint density at radius 3 is 2.33 bits per heavy atom. The van der Waals surface area contributed by atoms with Gasteiger partial charge in [0.1, 0.15) is 0 Å². The highest BCUT2D eigenvalue weighted by Crippen LogP contribution is 2.18. The highest BCUT2D eigenvalue weighted by atomic mass is 16.2. The Bertz CT molecular complexity index is 515. The summed E-state index contributed by atoms with van der Waals surface area (Å²) < 4.78 is 0. The van der Waals surface area contributed by atoms with Gasteiger partial charge in [0.25, 0.3) is 0 Å². The van der Waals surface area contributed by atoms with Crippen LogP contribution in [0.2, 0.25) is 0 Å². The SMILES string of the molecule is O=C(CC1C=CCC=C1)N1CCN(c2ccccc2)CC1. The lowest BCUT2D eigenvalue weighted by Crippen LogP contribution is -2.49. The van der Waals surface area contributed by atoms with Crippen LogP contribution in [0.15, 0.2) is 54.6 Å². The molecule has 110 valence electrons. The van der Waals surface area contributed by atoms with Crippen molar-refractivity contribution in [1.82, 2.24) is 4.90 Å². The number of para-hydroxylation sites is 1. The summed E-state index contributed by atoms with van der Waals surface area (Å²) in [4.78, 5) is 16.7. The zero-order valence-corrected chi connectivity index (χ0v) is 12.3. The van der Waals surface area contributed by atoms with E-state index < -0.39 is 0 Å². The first kappa shape index (κ1) is 13.9. The molecule has 3 nitrogen and oxygen atoms in total. The Balaban J connectivity index is 1.51. The maximum Gasteiger partial charge on any atom is 0.223 e. The van der Waals surface area contributed by atoms with Gasteiger partial charge in [-0.3, -0.25) is 4.79 Å². The number of carbonyl (C=O) groups excluding carboxylic acids is 1. The molecule has 3 rings (SSSR count). The molecule has 3 heteroatoms. The van der Waals surface area contributed by atoms with Crippen molar-refractivity contribution >= 4 is 11.6 Å². The van der Waals surface area contributed by atoms with Crippen molar-refractivity contribution in [2.24, 2.45) is 5.92 Å². The van der Waals surface area contributed by atoms with Gasteiger partial charge in [-0.2, -0.15) is 0 Å². The lowest BCUT2D eigenvalue weighted by molar-refractivity contribution is -0.131. The molecule has 1 saturated heterocycles. The van der Waals surface area contributed by atoms with E-state index in [4.69, 9.17) is 0 Å². The maximum atomic E-state index is 12.3. The van der Waals surface area contributed by atoms with Crippen molar-refractivity contribution in [3.8, 4) is 0 Å². The summed E-state index contributed by atoms with van der Waals surface area (Å²) in [5.41, 5.74) is 1.25. The summed E-state index contributed by atoms with van der Waals surface area (Å²) in [6.07, 6.45) is 10.2. The average molecular weight is 282 g/mol. The van der Waals surface area contributed by atoms with Crippen molar-refractivity contribution < 1.29 is 4.79 Å². The van der Waals surface area contributed by atoms with Crippen molar-refractivity contribution in [3.05, 3.63) is 54.6 Å². The third kappa shape index (κ3) is 3.54. The average Bonchev–Trinajstić information content (AvgIpc) is 2.57. The number of hydrogen-bond acceptors (Lipinski definition) is 2. The summed E-state index contributed by atoms with van der Waals surface area (Å²) in [5, 5.41) is 0. The molecule has 0 bridgehead atoms. The fourth-order valence-corrected chi connectivity index (χ4v) is 2.97. The molecule has 0 N–H and O–H groups in total. The minimum Gasteiger partial charge on any atom is -0.368 e. The van der Waals surface area contributed by atoms with Gasteiger partial charge in [-0.1, -0.05) is 42.5 Å². The van der Waals surface area contributed by atoms with E-state index in [1.54, 1.807) is 0 Å². The topological polar surface area (TPSA) is 23.6 Å². The number of allylic oxidation sites excluding steroid dienone is 4. The molecule has 1 fully saturated rings. The third-order valence-electron chi connectivity index (χ3n) is 4.20. The second-order valence-electron chi connectivity index (χ2n) is 5.66. The molecule has 0 aromatic heterocycles. The van der Waals surface area contributed by atoms with Gasteiger partial charge in [0.05, 0.1) is 0 Å². The Kier molecular flexibility index (Phi) is 4.39. The summed E-state index contributed by atoms with van der Waals surface area (Å²) in [7, 11) is 0. The van der Waals surface area contributed by atoms with Crippen LogP contribution in [-0.2, 0) is 4.79 Å². The Labute approximate surface area is 126 Å². The summed E-state index contributed by atoms with van der Waals surface area (Å²) in [6, 6.07) is 10.4. The van der Waals surface area contributed by atoms with Crippen LogP contribution in [0.1, 0.15) is 12.8 Å². The van der Waals surface area contributed by atoms with Gasteiger partial charge >= 0.3 is 0 Å². The Hall–Kier alpha value is -2.03. The molecule has 0 unspecified atom stereocenters. The van der Waals surface area contributed by atoms with E-state index >= 15 is 0 Å². The van der Waals surface area contributed by atoms with Crippen molar-refractivity contribution in [2.45, 2.75) is 12.8 Å². The first-order valence-corrected chi connectivity index (χ1v) is 7.74. The molecule has 0 radical (unpaired) electrons. The largest absolute Gasteiger partial charge is 0.368 e. The molecule has 2 aliphatic rings. The third-order valence-corrected chi connectivity index (χ3v) is 4.20.